The summed E-state index contributed by atoms with van der Waals surface area (Å²) < 4.78 is 10.9. The number of ether oxygens (including phenoxy) is 1. The maximum absolute atomic E-state index is 5.48. The van der Waals surface area contributed by atoms with E-state index < -0.39 is 0 Å². The number of aliphatic imine (C=N–C) groups is 1. The van der Waals surface area contributed by atoms with E-state index in [9.17, 15) is 0 Å². The molecule has 1 aromatic heterocycles. The van der Waals surface area contributed by atoms with Gasteiger partial charge in [-0.05, 0) is 44.0 Å². The Bertz CT molecular complexity index is 603. The van der Waals surface area contributed by atoms with Crippen molar-refractivity contribution in [3.63, 3.8) is 0 Å². The summed E-state index contributed by atoms with van der Waals surface area (Å²) in [5, 5.41) is 3.61. The summed E-state index contributed by atoms with van der Waals surface area (Å²) in [5.74, 6) is 2.83. The molecule has 2 aliphatic rings. The van der Waals surface area contributed by atoms with Gasteiger partial charge in [0.2, 0.25) is 0 Å². The van der Waals surface area contributed by atoms with Crippen molar-refractivity contribution in [3.8, 4) is 0 Å². The molecule has 0 saturated carbocycles. The van der Waals surface area contributed by atoms with Gasteiger partial charge in [0.1, 0.15) is 5.76 Å². The van der Waals surface area contributed by atoms with Gasteiger partial charge in [-0.25, -0.2) is 0 Å². The summed E-state index contributed by atoms with van der Waals surface area (Å²) in [6, 6.07) is 3.99. The van der Waals surface area contributed by atoms with Crippen LogP contribution in [0, 0.1) is 5.92 Å². The molecule has 3 heterocycles. The van der Waals surface area contributed by atoms with E-state index in [2.05, 4.69) is 33.9 Å². The minimum atomic E-state index is 0. The summed E-state index contributed by atoms with van der Waals surface area (Å²) >= 11 is 0. The van der Waals surface area contributed by atoms with Crippen molar-refractivity contribution in [2.24, 2.45) is 10.9 Å². The number of hydrogen-bond acceptors (Lipinski definition) is 5. The normalized spacial score (nSPS) is 20.3. The zero-order valence-corrected chi connectivity index (χ0v) is 21.8. The molecule has 0 bridgehead atoms. The quantitative estimate of drug-likeness (QED) is 0.199. The average molecular weight is 548 g/mol. The molecule has 0 amide bonds. The number of nitrogens with zero attached hydrogens (tertiary/aromatic N) is 4. The first-order valence-corrected chi connectivity index (χ1v) is 11.9. The van der Waals surface area contributed by atoms with Crippen molar-refractivity contribution in [3.05, 3.63) is 24.2 Å². The Labute approximate surface area is 205 Å². The molecule has 0 spiro atoms. The highest BCUT2D eigenvalue weighted by atomic mass is 127. The number of guanidine groups is 1. The van der Waals surface area contributed by atoms with Crippen LogP contribution in [0.3, 0.4) is 0 Å². The number of morpholine rings is 1. The van der Waals surface area contributed by atoms with Gasteiger partial charge in [0.15, 0.2) is 5.96 Å². The highest BCUT2D eigenvalue weighted by molar-refractivity contribution is 14.0. The first-order chi connectivity index (χ1) is 14.8. The van der Waals surface area contributed by atoms with E-state index in [1.165, 1.54) is 13.0 Å². The first kappa shape index (κ1) is 26.4. The molecule has 1 N–H and O–H groups in total. The monoisotopic (exact) mass is 547 g/mol. The molecule has 8 heteroatoms. The molecule has 2 saturated heterocycles. The summed E-state index contributed by atoms with van der Waals surface area (Å²) in [5.41, 5.74) is 0. The number of furan rings is 1. The van der Waals surface area contributed by atoms with E-state index in [1.807, 2.05) is 12.1 Å². The van der Waals surface area contributed by atoms with E-state index in [-0.39, 0.29) is 24.0 Å². The summed E-state index contributed by atoms with van der Waals surface area (Å²) in [7, 11) is 0. The van der Waals surface area contributed by atoms with Crippen LogP contribution in [0.4, 0.5) is 0 Å². The maximum Gasteiger partial charge on any atom is 0.193 e. The fourth-order valence-corrected chi connectivity index (χ4v) is 4.35. The predicted octanol–water partition coefficient (Wildman–Crippen LogP) is 2.77. The number of rotatable bonds is 11. The van der Waals surface area contributed by atoms with Crippen molar-refractivity contribution >= 4 is 29.9 Å². The molecule has 0 aromatic carbocycles. The largest absolute Gasteiger partial charge is 0.469 e. The van der Waals surface area contributed by atoms with Gasteiger partial charge < -0.3 is 24.3 Å². The second kappa shape index (κ2) is 15.1. The zero-order chi connectivity index (χ0) is 21.0. The highest BCUT2D eigenvalue weighted by Crippen LogP contribution is 2.18. The van der Waals surface area contributed by atoms with Gasteiger partial charge in [-0.2, -0.15) is 0 Å². The van der Waals surface area contributed by atoms with Gasteiger partial charge in [0.05, 0.1) is 19.5 Å². The van der Waals surface area contributed by atoms with Crippen molar-refractivity contribution in [1.82, 2.24) is 20.0 Å². The van der Waals surface area contributed by atoms with Crippen molar-refractivity contribution in [2.45, 2.75) is 33.1 Å². The molecular formula is C23H42IN5O2. The van der Waals surface area contributed by atoms with Crippen LogP contribution in [-0.2, 0) is 11.2 Å². The Morgan fingerprint density at radius 1 is 1.23 bits per heavy atom. The minimum absolute atomic E-state index is 0. The molecule has 3 rings (SSSR count). The molecule has 178 valence electrons. The van der Waals surface area contributed by atoms with E-state index in [4.69, 9.17) is 14.1 Å². The third-order valence-corrected chi connectivity index (χ3v) is 6.23. The molecular weight excluding hydrogens is 505 g/mol. The molecule has 2 fully saturated rings. The van der Waals surface area contributed by atoms with Crippen LogP contribution in [0.15, 0.2) is 27.8 Å². The van der Waals surface area contributed by atoms with E-state index in [1.54, 1.807) is 6.26 Å². The summed E-state index contributed by atoms with van der Waals surface area (Å²) in [6.07, 6.45) is 4.98. The Morgan fingerprint density at radius 2 is 2.03 bits per heavy atom. The minimum Gasteiger partial charge on any atom is -0.469 e. The van der Waals surface area contributed by atoms with Crippen LogP contribution in [0.5, 0.6) is 0 Å². The van der Waals surface area contributed by atoms with Gasteiger partial charge >= 0.3 is 0 Å². The summed E-state index contributed by atoms with van der Waals surface area (Å²) in [6.45, 7) is 16.9. The Balaban J connectivity index is 0.00000341. The molecule has 1 aromatic rings. The van der Waals surface area contributed by atoms with Gasteiger partial charge in [-0.15, -0.1) is 24.0 Å². The molecule has 7 nitrogen and oxygen atoms in total. The summed E-state index contributed by atoms with van der Waals surface area (Å²) in [4.78, 5) is 12.5. The maximum atomic E-state index is 5.48. The third kappa shape index (κ3) is 9.27. The van der Waals surface area contributed by atoms with Crippen LogP contribution in [-0.4, -0.2) is 99.3 Å². The van der Waals surface area contributed by atoms with E-state index >= 15 is 0 Å². The Morgan fingerprint density at radius 3 is 2.74 bits per heavy atom. The fraction of sp³-hybridized carbons (Fsp3) is 0.783. The Kier molecular flexibility index (Phi) is 12.8. The fourth-order valence-electron chi connectivity index (χ4n) is 4.35. The van der Waals surface area contributed by atoms with Gasteiger partial charge in [-0.1, -0.05) is 13.8 Å². The molecule has 31 heavy (non-hydrogen) atoms. The topological polar surface area (TPSA) is 56.5 Å². The van der Waals surface area contributed by atoms with E-state index in [0.29, 0.717) is 0 Å². The lowest BCUT2D eigenvalue weighted by atomic mass is 10.1. The standard InChI is InChI=1S/C23H41N5O2.HI/c1-3-26(4-2)19-21-9-13-28(20-21)23(25-11-8-22-7-5-16-30-22)24-10-6-12-27-14-17-29-18-15-27;/h5,7,16,21H,3-4,6,8-15,17-20H2,1-2H3,(H,24,25);1H. The van der Waals surface area contributed by atoms with Gasteiger partial charge in [-0.3, -0.25) is 9.89 Å². The van der Waals surface area contributed by atoms with Crippen LogP contribution in [0.2, 0.25) is 0 Å². The smallest absolute Gasteiger partial charge is 0.193 e. The van der Waals surface area contributed by atoms with Crippen molar-refractivity contribution in [1.29, 1.82) is 0 Å². The SMILES string of the molecule is CCN(CC)CC1CCN(C(=NCCCN2CCOCC2)NCCc2ccco2)C1.I. The molecule has 2 aliphatic heterocycles. The van der Waals surface area contributed by atoms with Crippen LogP contribution < -0.4 is 5.32 Å². The molecule has 0 aliphatic carbocycles. The predicted molar refractivity (Wildman–Crippen MR) is 137 cm³/mol. The molecule has 1 atom stereocenters. The second-order valence-corrected chi connectivity index (χ2v) is 8.36. The Hall–Kier alpha value is -0.840. The van der Waals surface area contributed by atoms with Crippen molar-refractivity contribution < 1.29 is 9.15 Å². The molecule has 0 radical (unpaired) electrons. The highest BCUT2D eigenvalue weighted by Gasteiger charge is 2.26. The number of likely N-dealkylation sites (tertiary alicyclic amines) is 1. The third-order valence-electron chi connectivity index (χ3n) is 6.23. The second-order valence-electron chi connectivity index (χ2n) is 8.36. The van der Waals surface area contributed by atoms with Crippen molar-refractivity contribution in [2.75, 3.05) is 78.7 Å². The van der Waals surface area contributed by atoms with Crippen LogP contribution in [0.1, 0.15) is 32.4 Å². The lowest BCUT2D eigenvalue weighted by Gasteiger charge is -2.26. The average Bonchev–Trinajstić information content (AvgIpc) is 3.46. The lowest BCUT2D eigenvalue weighted by Crippen LogP contribution is -2.42. The zero-order valence-electron chi connectivity index (χ0n) is 19.4. The van der Waals surface area contributed by atoms with Gasteiger partial charge in [0.25, 0.3) is 0 Å². The number of nitrogens with one attached hydrogen (secondary N) is 1. The number of hydrogen-bond donors (Lipinski definition) is 1. The van der Waals surface area contributed by atoms with Crippen LogP contribution >= 0.6 is 24.0 Å². The van der Waals surface area contributed by atoms with E-state index in [0.717, 1.165) is 103 Å². The lowest BCUT2D eigenvalue weighted by molar-refractivity contribution is 0.0377. The molecule has 1 unspecified atom stereocenters. The van der Waals surface area contributed by atoms with Gasteiger partial charge in [0, 0.05) is 58.8 Å². The number of halogens is 1. The first-order valence-electron chi connectivity index (χ1n) is 11.9. The van der Waals surface area contributed by atoms with Crippen LogP contribution in [0.25, 0.3) is 0 Å².